The average molecular weight is 266 g/mol. The first-order chi connectivity index (χ1) is 8.55. The first kappa shape index (κ1) is 14.0. The molecule has 2 heterocycles. The minimum absolute atomic E-state index is 0.194. The molecule has 0 spiro atoms. The van der Waals surface area contributed by atoms with Crippen molar-refractivity contribution in [3.8, 4) is 0 Å². The van der Waals surface area contributed by atoms with E-state index in [0.29, 0.717) is 6.04 Å². The maximum Gasteiger partial charge on any atom is 0.0510 e. The molecular weight excluding hydrogens is 240 g/mol. The van der Waals surface area contributed by atoms with Crippen LogP contribution in [0, 0.1) is 6.92 Å². The summed E-state index contributed by atoms with van der Waals surface area (Å²) in [5.74, 6) is 0. The van der Waals surface area contributed by atoms with Gasteiger partial charge in [0.1, 0.15) is 0 Å². The Morgan fingerprint density at radius 1 is 1.39 bits per heavy atom. The van der Waals surface area contributed by atoms with Crippen LogP contribution in [0.2, 0.25) is 0 Å². The SMILES string of the molecule is CCNC(c1csc(C)c1)C(C)(C)N1CCCC1. The minimum Gasteiger partial charge on any atom is -0.309 e. The van der Waals surface area contributed by atoms with Gasteiger partial charge in [-0.05, 0) is 70.3 Å². The van der Waals surface area contributed by atoms with Crippen molar-refractivity contribution in [1.82, 2.24) is 10.2 Å². The fourth-order valence-electron chi connectivity index (χ4n) is 3.07. The summed E-state index contributed by atoms with van der Waals surface area (Å²) in [6.07, 6.45) is 2.70. The molecular formula is C15H26N2S. The van der Waals surface area contributed by atoms with Gasteiger partial charge in [0.05, 0.1) is 6.04 Å². The molecule has 0 saturated carbocycles. The third kappa shape index (κ3) is 2.79. The number of rotatable bonds is 5. The van der Waals surface area contributed by atoms with Gasteiger partial charge in [0, 0.05) is 10.4 Å². The summed E-state index contributed by atoms with van der Waals surface area (Å²) in [4.78, 5) is 4.05. The van der Waals surface area contributed by atoms with E-state index in [0.717, 1.165) is 6.54 Å². The van der Waals surface area contributed by atoms with Crippen LogP contribution in [-0.2, 0) is 0 Å². The van der Waals surface area contributed by atoms with Crippen molar-refractivity contribution in [2.75, 3.05) is 19.6 Å². The van der Waals surface area contributed by atoms with Gasteiger partial charge in [0.2, 0.25) is 0 Å². The van der Waals surface area contributed by atoms with Crippen LogP contribution in [-0.4, -0.2) is 30.1 Å². The van der Waals surface area contributed by atoms with Crippen molar-refractivity contribution < 1.29 is 0 Å². The van der Waals surface area contributed by atoms with Gasteiger partial charge in [-0.2, -0.15) is 0 Å². The van der Waals surface area contributed by atoms with Crippen molar-refractivity contribution in [3.63, 3.8) is 0 Å². The number of aryl methyl sites for hydroxylation is 1. The molecule has 1 aliphatic heterocycles. The summed E-state index contributed by atoms with van der Waals surface area (Å²) < 4.78 is 0. The van der Waals surface area contributed by atoms with Crippen LogP contribution in [0.25, 0.3) is 0 Å². The highest BCUT2D eigenvalue weighted by Crippen LogP contribution is 2.35. The second-order valence-electron chi connectivity index (χ2n) is 5.83. The van der Waals surface area contributed by atoms with E-state index in [-0.39, 0.29) is 5.54 Å². The Balaban J connectivity index is 2.22. The molecule has 1 atom stereocenters. The number of likely N-dealkylation sites (tertiary alicyclic amines) is 1. The quantitative estimate of drug-likeness (QED) is 0.876. The third-order valence-corrected chi connectivity index (χ3v) is 5.00. The molecule has 2 nitrogen and oxygen atoms in total. The highest BCUT2D eigenvalue weighted by Gasteiger charge is 2.37. The molecule has 0 bridgehead atoms. The van der Waals surface area contributed by atoms with Crippen molar-refractivity contribution in [2.45, 2.75) is 52.1 Å². The number of hydrogen-bond donors (Lipinski definition) is 1. The molecule has 0 aromatic carbocycles. The third-order valence-electron chi connectivity index (χ3n) is 4.12. The summed E-state index contributed by atoms with van der Waals surface area (Å²) in [6.45, 7) is 12.7. The smallest absolute Gasteiger partial charge is 0.0510 e. The molecule has 1 saturated heterocycles. The topological polar surface area (TPSA) is 15.3 Å². The molecule has 1 N–H and O–H groups in total. The van der Waals surface area contributed by atoms with Crippen molar-refractivity contribution in [2.24, 2.45) is 0 Å². The van der Waals surface area contributed by atoms with E-state index >= 15 is 0 Å². The summed E-state index contributed by atoms with van der Waals surface area (Å²) in [5.41, 5.74) is 1.65. The molecule has 3 heteroatoms. The van der Waals surface area contributed by atoms with Gasteiger partial charge in [-0.15, -0.1) is 11.3 Å². The minimum atomic E-state index is 0.194. The second-order valence-corrected chi connectivity index (χ2v) is 6.94. The highest BCUT2D eigenvalue weighted by atomic mass is 32.1. The summed E-state index contributed by atoms with van der Waals surface area (Å²) in [5, 5.41) is 6.01. The molecule has 18 heavy (non-hydrogen) atoms. The number of nitrogens with zero attached hydrogens (tertiary/aromatic N) is 1. The van der Waals surface area contributed by atoms with Gasteiger partial charge in [-0.25, -0.2) is 0 Å². The maximum absolute atomic E-state index is 3.69. The van der Waals surface area contributed by atoms with Gasteiger partial charge in [0.25, 0.3) is 0 Å². The maximum atomic E-state index is 3.69. The standard InChI is InChI=1S/C15H26N2S/c1-5-16-14(13-10-12(2)18-11-13)15(3,4)17-8-6-7-9-17/h10-11,14,16H,5-9H2,1-4H3. The van der Waals surface area contributed by atoms with Crippen molar-refractivity contribution in [1.29, 1.82) is 0 Å². The van der Waals surface area contributed by atoms with E-state index in [4.69, 9.17) is 0 Å². The lowest BCUT2D eigenvalue weighted by molar-refractivity contribution is 0.108. The molecule has 0 amide bonds. The zero-order valence-electron chi connectivity index (χ0n) is 12.1. The summed E-state index contributed by atoms with van der Waals surface area (Å²) >= 11 is 1.86. The first-order valence-electron chi connectivity index (χ1n) is 7.09. The number of thiophene rings is 1. The average Bonchev–Trinajstić information content (AvgIpc) is 2.96. The molecule has 0 aliphatic carbocycles. The number of likely N-dealkylation sites (N-methyl/N-ethyl adjacent to an activating group) is 1. The van der Waals surface area contributed by atoms with E-state index in [1.54, 1.807) is 0 Å². The Bertz CT molecular complexity index is 378. The fraction of sp³-hybridized carbons (Fsp3) is 0.733. The Morgan fingerprint density at radius 2 is 2.06 bits per heavy atom. The molecule has 1 aliphatic rings. The zero-order valence-corrected chi connectivity index (χ0v) is 12.9. The summed E-state index contributed by atoms with van der Waals surface area (Å²) in [6, 6.07) is 2.78. The van der Waals surface area contributed by atoms with Gasteiger partial charge >= 0.3 is 0 Å². The predicted octanol–water partition coefficient (Wildman–Crippen LogP) is 3.58. The van der Waals surface area contributed by atoms with Crippen LogP contribution >= 0.6 is 11.3 Å². The van der Waals surface area contributed by atoms with E-state index in [1.807, 2.05) is 11.3 Å². The van der Waals surface area contributed by atoms with Gasteiger partial charge in [-0.1, -0.05) is 6.92 Å². The lowest BCUT2D eigenvalue weighted by Gasteiger charge is -2.42. The Kier molecular flexibility index (Phi) is 4.46. The Morgan fingerprint density at radius 3 is 2.56 bits per heavy atom. The lowest BCUT2D eigenvalue weighted by atomic mass is 9.88. The van der Waals surface area contributed by atoms with Crippen LogP contribution in [0.5, 0.6) is 0 Å². The molecule has 102 valence electrons. The van der Waals surface area contributed by atoms with Gasteiger partial charge < -0.3 is 5.32 Å². The fourth-order valence-corrected chi connectivity index (χ4v) is 3.80. The van der Waals surface area contributed by atoms with Crippen molar-refractivity contribution in [3.05, 3.63) is 21.9 Å². The van der Waals surface area contributed by atoms with E-state index < -0.39 is 0 Å². The largest absolute Gasteiger partial charge is 0.309 e. The Hall–Kier alpha value is -0.380. The van der Waals surface area contributed by atoms with E-state index in [9.17, 15) is 0 Å². The van der Waals surface area contributed by atoms with Crippen LogP contribution in [0.3, 0.4) is 0 Å². The zero-order chi connectivity index (χ0) is 13.2. The Labute approximate surface area is 115 Å². The van der Waals surface area contributed by atoms with E-state index in [1.165, 1.54) is 36.4 Å². The second kappa shape index (κ2) is 5.72. The predicted molar refractivity (Wildman–Crippen MR) is 80.4 cm³/mol. The molecule has 0 radical (unpaired) electrons. The highest BCUT2D eigenvalue weighted by molar-refractivity contribution is 7.10. The van der Waals surface area contributed by atoms with Crippen LogP contribution in [0.1, 0.15) is 50.1 Å². The van der Waals surface area contributed by atoms with E-state index in [2.05, 4.69) is 49.4 Å². The molecule has 1 aromatic heterocycles. The normalized spacial score (nSPS) is 19.3. The molecule has 1 aromatic rings. The number of nitrogens with one attached hydrogen (secondary N) is 1. The first-order valence-corrected chi connectivity index (χ1v) is 7.97. The molecule has 1 fully saturated rings. The van der Waals surface area contributed by atoms with Gasteiger partial charge in [0.15, 0.2) is 0 Å². The van der Waals surface area contributed by atoms with Crippen molar-refractivity contribution >= 4 is 11.3 Å². The number of hydrogen-bond acceptors (Lipinski definition) is 3. The molecule has 1 unspecified atom stereocenters. The molecule has 2 rings (SSSR count). The van der Waals surface area contributed by atoms with Crippen LogP contribution in [0.15, 0.2) is 11.4 Å². The lowest BCUT2D eigenvalue weighted by Crippen LogP contribution is -2.51. The van der Waals surface area contributed by atoms with Crippen LogP contribution in [0.4, 0.5) is 0 Å². The van der Waals surface area contributed by atoms with Crippen LogP contribution < -0.4 is 5.32 Å². The van der Waals surface area contributed by atoms with Gasteiger partial charge in [-0.3, -0.25) is 4.90 Å². The summed E-state index contributed by atoms with van der Waals surface area (Å²) in [7, 11) is 0. The monoisotopic (exact) mass is 266 g/mol.